The molecule has 2 aromatic rings. The Hall–Kier alpha value is -1.09. The third kappa shape index (κ3) is 2.73. The van der Waals surface area contributed by atoms with Gasteiger partial charge in [0.15, 0.2) is 0 Å². The van der Waals surface area contributed by atoms with Crippen LogP contribution in [0.4, 0.5) is 0 Å². The molecule has 3 heteroatoms. The first kappa shape index (κ1) is 11.4. The second kappa shape index (κ2) is 5.30. The van der Waals surface area contributed by atoms with Gasteiger partial charge < -0.3 is 0 Å². The van der Waals surface area contributed by atoms with Crippen LogP contribution in [0.1, 0.15) is 19.8 Å². The van der Waals surface area contributed by atoms with Gasteiger partial charge in [0.25, 0.3) is 0 Å². The third-order valence-electron chi connectivity index (χ3n) is 2.55. The van der Waals surface area contributed by atoms with E-state index < -0.39 is 0 Å². The van der Waals surface area contributed by atoms with Gasteiger partial charge in [0.2, 0.25) is 0 Å². The Morgan fingerprint density at radius 2 is 1.94 bits per heavy atom. The molecular formula is C13H15BrN2. The van der Waals surface area contributed by atoms with Crippen molar-refractivity contribution < 1.29 is 0 Å². The molecule has 0 fully saturated rings. The van der Waals surface area contributed by atoms with Crippen LogP contribution < -0.4 is 0 Å². The maximum Gasteiger partial charge on any atom is 0.0568 e. The van der Waals surface area contributed by atoms with Crippen LogP contribution in [0.2, 0.25) is 0 Å². The Morgan fingerprint density at radius 3 is 2.62 bits per heavy atom. The fraction of sp³-hybridized carbons (Fsp3) is 0.308. The van der Waals surface area contributed by atoms with Crippen molar-refractivity contribution in [3.63, 3.8) is 0 Å². The fourth-order valence-electron chi connectivity index (χ4n) is 1.60. The molecule has 0 atom stereocenters. The quantitative estimate of drug-likeness (QED) is 0.823. The molecule has 1 aromatic heterocycles. The fourth-order valence-corrected chi connectivity index (χ4v) is 1.86. The molecule has 0 radical (unpaired) electrons. The molecule has 0 aliphatic rings. The van der Waals surface area contributed by atoms with E-state index in [0.29, 0.717) is 0 Å². The van der Waals surface area contributed by atoms with Crippen LogP contribution in [0.15, 0.2) is 41.1 Å². The highest BCUT2D eigenvalue weighted by atomic mass is 79.9. The molecular weight excluding hydrogens is 264 g/mol. The standard InChI is InChI=1S/C13H15BrN2/c1-2-3-8-16-10-12(9-15-16)11-4-6-13(14)7-5-11/h4-7,9-10H,2-3,8H2,1H3. The highest BCUT2D eigenvalue weighted by Crippen LogP contribution is 2.21. The summed E-state index contributed by atoms with van der Waals surface area (Å²) in [6.45, 7) is 3.20. The van der Waals surface area contributed by atoms with Crippen molar-refractivity contribution in [2.75, 3.05) is 0 Å². The zero-order chi connectivity index (χ0) is 11.4. The Morgan fingerprint density at radius 1 is 1.19 bits per heavy atom. The molecule has 0 spiro atoms. The molecule has 16 heavy (non-hydrogen) atoms. The molecule has 0 saturated heterocycles. The Bertz CT molecular complexity index is 445. The van der Waals surface area contributed by atoms with Crippen molar-refractivity contribution in [1.82, 2.24) is 9.78 Å². The molecule has 84 valence electrons. The molecule has 0 unspecified atom stereocenters. The van der Waals surface area contributed by atoms with Gasteiger partial charge in [0.1, 0.15) is 0 Å². The molecule has 0 bridgehead atoms. The minimum Gasteiger partial charge on any atom is -0.272 e. The summed E-state index contributed by atoms with van der Waals surface area (Å²) < 4.78 is 3.12. The molecule has 1 aromatic carbocycles. The number of benzene rings is 1. The number of rotatable bonds is 4. The van der Waals surface area contributed by atoms with Gasteiger partial charge in [0.05, 0.1) is 6.20 Å². The zero-order valence-electron chi connectivity index (χ0n) is 9.36. The average Bonchev–Trinajstić information content (AvgIpc) is 2.76. The van der Waals surface area contributed by atoms with E-state index in [2.05, 4.69) is 58.4 Å². The van der Waals surface area contributed by atoms with Gasteiger partial charge in [-0.2, -0.15) is 5.10 Å². The maximum atomic E-state index is 4.36. The Kier molecular flexibility index (Phi) is 3.78. The topological polar surface area (TPSA) is 17.8 Å². The second-order valence-electron chi connectivity index (χ2n) is 3.85. The number of halogens is 1. The van der Waals surface area contributed by atoms with Crippen LogP contribution >= 0.6 is 15.9 Å². The van der Waals surface area contributed by atoms with Gasteiger partial charge in [-0.1, -0.05) is 41.4 Å². The van der Waals surface area contributed by atoms with E-state index in [1.54, 1.807) is 0 Å². The van der Waals surface area contributed by atoms with Crippen LogP contribution in [0, 0.1) is 0 Å². The largest absolute Gasteiger partial charge is 0.272 e. The lowest BCUT2D eigenvalue weighted by molar-refractivity contribution is 0.572. The van der Waals surface area contributed by atoms with Crippen LogP contribution in [-0.4, -0.2) is 9.78 Å². The van der Waals surface area contributed by atoms with Crippen molar-refractivity contribution in [1.29, 1.82) is 0 Å². The lowest BCUT2D eigenvalue weighted by Gasteiger charge is -1.98. The zero-order valence-corrected chi connectivity index (χ0v) is 10.9. The van der Waals surface area contributed by atoms with E-state index in [1.807, 2.05) is 10.9 Å². The van der Waals surface area contributed by atoms with Crippen molar-refractivity contribution in [2.24, 2.45) is 0 Å². The number of hydrogen-bond acceptors (Lipinski definition) is 1. The molecule has 0 aliphatic carbocycles. The lowest BCUT2D eigenvalue weighted by Crippen LogP contribution is -1.96. The van der Waals surface area contributed by atoms with E-state index in [1.165, 1.54) is 24.0 Å². The van der Waals surface area contributed by atoms with Crippen LogP contribution in [0.5, 0.6) is 0 Å². The van der Waals surface area contributed by atoms with Crippen LogP contribution in [-0.2, 0) is 6.54 Å². The van der Waals surface area contributed by atoms with E-state index >= 15 is 0 Å². The average molecular weight is 279 g/mol. The van der Waals surface area contributed by atoms with Gasteiger partial charge in [-0.15, -0.1) is 0 Å². The van der Waals surface area contributed by atoms with Crippen molar-refractivity contribution in [2.45, 2.75) is 26.3 Å². The Labute approximate surface area is 104 Å². The van der Waals surface area contributed by atoms with Crippen molar-refractivity contribution in [3.8, 4) is 11.1 Å². The molecule has 0 N–H and O–H groups in total. The van der Waals surface area contributed by atoms with Crippen LogP contribution in [0.25, 0.3) is 11.1 Å². The van der Waals surface area contributed by atoms with Gasteiger partial charge >= 0.3 is 0 Å². The first-order valence-electron chi connectivity index (χ1n) is 5.58. The normalized spacial score (nSPS) is 10.6. The number of nitrogens with zero attached hydrogens (tertiary/aromatic N) is 2. The summed E-state index contributed by atoms with van der Waals surface area (Å²) in [5, 5.41) is 4.36. The molecule has 2 rings (SSSR count). The predicted octanol–water partition coefficient (Wildman–Crippen LogP) is 4.11. The summed E-state index contributed by atoms with van der Waals surface area (Å²) in [4.78, 5) is 0. The highest BCUT2D eigenvalue weighted by molar-refractivity contribution is 9.10. The molecule has 2 nitrogen and oxygen atoms in total. The van der Waals surface area contributed by atoms with Crippen LogP contribution in [0.3, 0.4) is 0 Å². The highest BCUT2D eigenvalue weighted by Gasteiger charge is 2.01. The van der Waals surface area contributed by atoms with Crippen molar-refractivity contribution in [3.05, 3.63) is 41.1 Å². The predicted molar refractivity (Wildman–Crippen MR) is 70.3 cm³/mol. The van der Waals surface area contributed by atoms with Gasteiger partial charge in [-0.3, -0.25) is 4.68 Å². The molecule has 0 saturated carbocycles. The maximum absolute atomic E-state index is 4.36. The number of unbranched alkanes of at least 4 members (excludes halogenated alkanes) is 1. The molecule has 0 amide bonds. The summed E-state index contributed by atoms with van der Waals surface area (Å²) in [7, 11) is 0. The van der Waals surface area contributed by atoms with Crippen molar-refractivity contribution >= 4 is 15.9 Å². The SMILES string of the molecule is CCCCn1cc(-c2ccc(Br)cc2)cn1. The van der Waals surface area contributed by atoms with E-state index in [9.17, 15) is 0 Å². The van der Waals surface area contributed by atoms with Gasteiger partial charge in [0, 0.05) is 22.8 Å². The lowest BCUT2D eigenvalue weighted by atomic mass is 10.1. The summed E-state index contributed by atoms with van der Waals surface area (Å²) in [5.41, 5.74) is 2.40. The van der Waals surface area contributed by atoms with Gasteiger partial charge in [-0.25, -0.2) is 0 Å². The summed E-state index contributed by atoms with van der Waals surface area (Å²) in [6, 6.07) is 8.31. The summed E-state index contributed by atoms with van der Waals surface area (Å²) in [5.74, 6) is 0. The summed E-state index contributed by atoms with van der Waals surface area (Å²) in [6.07, 6.45) is 6.42. The van der Waals surface area contributed by atoms with E-state index in [4.69, 9.17) is 0 Å². The van der Waals surface area contributed by atoms with E-state index in [-0.39, 0.29) is 0 Å². The minimum atomic E-state index is 1.01. The molecule has 1 heterocycles. The number of hydrogen-bond donors (Lipinski definition) is 0. The second-order valence-corrected chi connectivity index (χ2v) is 4.77. The number of aryl methyl sites for hydroxylation is 1. The molecule has 0 aliphatic heterocycles. The smallest absolute Gasteiger partial charge is 0.0568 e. The Balaban J connectivity index is 2.15. The monoisotopic (exact) mass is 278 g/mol. The first-order chi connectivity index (χ1) is 7.79. The third-order valence-corrected chi connectivity index (χ3v) is 3.08. The minimum absolute atomic E-state index is 1.01. The first-order valence-corrected chi connectivity index (χ1v) is 6.37. The van der Waals surface area contributed by atoms with Gasteiger partial charge in [-0.05, 0) is 24.1 Å². The summed E-state index contributed by atoms with van der Waals surface area (Å²) >= 11 is 3.44. The number of aromatic nitrogens is 2. The van der Waals surface area contributed by atoms with E-state index in [0.717, 1.165) is 11.0 Å².